The summed E-state index contributed by atoms with van der Waals surface area (Å²) in [7, 11) is 1.66. The lowest BCUT2D eigenvalue weighted by atomic mass is 9.98. The highest BCUT2D eigenvalue weighted by Gasteiger charge is 2.20. The van der Waals surface area contributed by atoms with Crippen molar-refractivity contribution in [2.75, 3.05) is 25.2 Å². The lowest BCUT2D eigenvalue weighted by molar-refractivity contribution is 0.0988. The fraction of sp³-hybridized carbons (Fsp3) is 0.250. The minimum absolute atomic E-state index is 0.147. The highest BCUT2D eigenvalue weighted by atomic mass is 16.5. The summed E-state index contributed by atoms with van der Waals surface area (Å²) in [5.41, 5.74) is 4.77. The molecule has 0 atom stereocenters. The van der Waals surface area contributed by atoms with Crippen LogP contribution in [0.4, 0.5) is 5.82 Å². The van der Waals surface area contributed by atoms with Gasteiger partial charge in [0.25, 0.3) is 0 Å². The van der Waals surface area contributed by atoms with Crippen molar-refractivity contribution in [1.29, 1.82) is 0 Å². The van der Waals surface area contributed by atoms with E-state index in [4.69, 9.17) is 14.5 Å². The molecule has 0 saturated heterocycles. The highest BCUT2D eigenvalue weighted by molar-refractivity contribution is 5.97. The number of ether oxygens (including phenoxy) is 2. The van der Waals surface area contributed by atoms with Crippen molar-refractivity contribution in [2.24, 2.45) is 0 Å². The molecule has 0 aliphatic carbocycles. The molecule has 0 bridgehead atoms. The van der Waals surface area contributed by atoms with Crippen LogP contribution in [-0.4, -0.2) is 36.0 Å². The van der Waals surface area contributed by atoms with Crippen LogP contribution in [0.1, 0.15) is 35.1 Å². The first-order chi connectivity index (χ1) is 16.6. The van der Waals surface area contributed by atoms with Gasteiger partial charge in [-0.25, -0.2) is 9.97 Å². The molecule has 4 aromatic rings. The van der Waals surface area contributed by atoms with Crippen LogP contribution < -0.4 is 14.4 Å². The van der Waals surface area contributed by atoms with E-state index in [0.29, 0.717) is 31.9 Å². The molecule has 6 heteroatoms. The second-order valence-corrected chi connectivity index (χ2v) is 8.43. The predicted octanol–water partition coefficient (Wildman–Crippen LogP) is 5.61. The first-order valence-corrected chi connectivity index (χ1v) is 11.5. The van der Waals surface area contributed by atoms with Crippen LogP contribution in [0.5, 0.6) is 11.5 Å². The summed E-state index contributed by atoms with van der Waals surface area (Å²) in [4.78, 5) is 23.9. The number of fused-ring (bicyclic) bond motifs is 2. The molecule has 6 nitrogen and oxygen atoms in total. The van der Waals surface area contributed by atoms with E-state index in [0.717, 1.165) is 50.5 Å². The first kappa shape index (κ1) is 21.9. The molecule has 1 aliphatic rings. The molecular weight excluding hydrogens is 426 g/mol. The molecule has 5 rings (SSSR count). The number of hydrogen-bond acceptors (Lipinski definition) is 6. The molecular formula is C28H27N3O3. The zero-order valence-corrected chi connectivity index (χ0v) is 19.7. The standard InChI is InChI=1S/C28H27N3O3/c1-4-26(32)21-7-5-6-19(14-21)20-8-11-27-22(15-20)17-31(12-13-34-27)28-24-10-9-23(33-3)16-25(24)29-18(2)30-28/h5-11,14-16H,4,12-13,17H2,1-3H3. The molecule has 0 unspecified atom stereocenters. The molecule has 1 aromatic heterocycles. The van der Waals surface area contributed by atoms with E-state index in [1.807, 2.05) is 62.4 Å². The van der Waals surface area contributed by atoms with E-state index < -0.39 is 0 Å². The molecule has 0 spiro atoms. The van der Waals surface area contributed by atoms with Crippen molar-refractivity contribution in [3.8, 4) is 22.6 Å². The zero-order chi connectivity index (χ0) is 23.7. The minimum Gasteiger partial charge on any atom is -0.497 e. The molecule has 0 N–H and O–H groups in total. The van der Waals surface area contributed by atoms with Gasteiger partial charge in [-0.05, 0) is 48.4 Å². The first-order valence-electron chi connectivity index (χ1n) is 11.5. The lowest BCUT2D eigenvalue weighted by Gasteiger charge is -2.23. The van der Waals surface area contributed by atoms with E-state index in [1.54, 1.807) is 7.11 Å². The number of carbonyl (C=O) groups excluding carboxylic acids is 1. The zero-order valence-electron chi connectivity index (χ0n) is 19.7. The molecule has 2 heterocycles. The van der Waals surface area contributed by atoms with Crippen LogP contribution in [0, 0.1) is 6.92 Å². The number of anilines is 1. The lowest BCUT2D eigenvalue weighted by Crippen LogP contribution is -2.26. The van der Waals surface area contributed by atoms with Crippen molar-refractivity contribution >= 4 is 22.5 Å². The molecule has 34 heavy (non-hydrogen) atoms. The topological polar surface area (TPSA) is 64.6 Å². The monoisotopic (exact) mass is 453 g/mol. The Hall–Kier alpha value is -3.93. The number of benzene rings is 3. The Labute approximate surface area is 199 Å². The maximum absolute atomic E-state index is 12.2. The van der Waals surface area contributed by atoms with Gasteiger partial charge in [0, 0.05) is 35.5 Å². The van der Waals surface area contributed by atoms with Gasteiger partial charge >= 0.3 is 0 Å². The number of hydrogen-bond donors (Lipinski definition) is 0. The molecule has 1 aliphatic heterocycles. The minimum atomic E-state index is 0.147. The Morgan fingerprint density at radius 2 is 1.91 bits per heavy atom. The van der Waals surface area contributed by atoms with Crippen LogP contribution in [-0.2, 0) is 6.54 Å². The summed E-state index contributed by atoms with van der Waals surface area (Å²) in [5, 5.41) is 0.983. The third-order valence-electron chi connectivity index (χ3n) is 6.17. The number of Topliss-reactive ketones (excluding diaryl/α,β-unsaturated/α-hetero) is 1. The summed E-state index contributed by atoms with van der Waals surface area (Å²) in [6.45, 7) is 5.73. The van der Waals surface area contributed by atoms with Crippen molar-refractivity contribution < 1.29 is 14.3 Å². The quantitative estimate of drug-likeness (QED) is 0.366. The largest absolute Gasteiger partial charge is 0.497 e. The predicted molar refractivity (Wildman–Crippen MR) is 134 cm³/mol. The van der Waals surface area contributed by atoms with Gasteiger partial charge in [-0.3, -0.25) is 4.79 Å². The number of ketones is 1. The Morgan fingerprint density at radius 3 is 2.74 bits per heavy atom. The van der Waals surface area contributed by atoms with Gasteiger partial charge in [0.1, 0.15) is 29.7 Å². The van der Waals surface area contributed by atoms with E-state index in [-0.39, 0.29) is 5.78 Å². The fourth-order valence-electron chi connectivity index (χ4n) is 4.40. The van der Waals surface area contributed by atoms with E-state index in [9.17, 15) is 4.79 Å². The van der Waals surface area contributed by atoms with Crippen LogP contribution in [0.15, 0.2) is 60.7 Å². The van der Waals surface area contributed by atoms with Gasteiger partial charge in [0.15, 0.2) is 5.78 Å². The van der Waals surface area contributed by atoms with Gasteiger partial charge in [-0.15, -0.1) is 0 Å². The Bertz CT molecular complexity index is 1380. The van der Waals surface area contributed by atoms with Gasteiger partial charge in [0.05, 0.1) is 19.2 Å². The van der Waals surface area contributed by atoms with Gasteiger partial charge in [-0.1, -0.05) is 31.2 Å². The van der Waals surface area contributed by atoms with E-state index >= 15 is 0 Å². The molecule has 0 radical (unpaired) electrons. The maximum atomic E-state index is 12.2. The number of methoxy groups -OCH3 is 1. The summed E-state index contributed by atoms with van der Waals surface area (Å²) in [6, 6.07) is 20.0. The molecule has 3 aromatic carbocycles. The molecule has 0 saturated carbocycles. The Morgan fingerprint density at radius 1 is 1.06 bits per heavy atom. The van der Waals surface area contributed by atoms with E-state index in [2.05, 4.69) is 22.0 Å². The van der Waals surface area contributed by atoms with Crippen molar-refractivity contribution in [3.05, 3.63) is 77.6 Å². The summed E-state index contributed by atoms with van der Waals surface area (Å²) in [6.07, 6.45) is 0.495. The fourth-order valence-corrected chi connectivity index (χ4v) is 4.40. The maximum Gasteiger partial charge on any atom is 0.162 e. The Kier molecular flexibility index (Phi) is 5.88. The third-order valence-corrected chi connectivity index (χ3v) is 6.17. The number of carbonyl (C=O) groups is 1. The van der Waals surface area contributed by atoms with Crippen LogP contribution in [0.3, 0.4) is 0 Å². The highest BCUT2D eigenvalue weighted by Crippen LogP contribution is 2.33. The summed E-state index contributed by atoms with van der Waals surface area (Å²) >= 11 is 0. The summed E-state index contributed by atoms with van der Waals surface area (Å²) in [5.74, 6) is 3.40. The summed E-state index contributed by atoms with van der Waals surface area (Å²) < 4.78 is 11.5. The number of nitrogens with zero attached hydrogens (tertiary/aromatic N) is 3. The normalized spacial score (nSPS) is 13.2. The van der Waals surface area contributed by atoms with Gasteiger partial charge < -0.3 is 14.4 Å². The number of aromatic nitrogens is 2. The van der Waals surface area contributed by atoms with Crippen LogP contribution in [0.2, 0.25) is 0 Å². The van der Waals surface area contributed by atoms with Crippen LogP contribution >= 0.6 is 0 Å². The van der Waals surface area contributed by atoms with E-state index in [1.165, 1.54) is 0 Å². The SMILES string of the molecule is CCC(=O)c1cccc(-c2ccc3c(c2)CN(c2nc(C)nc4cc(OC)ccc24)CCO3)c1. The van der Waals surface area contributed by atoms with Crippen molar-refractivity contribution in [2.45, 2.75) is 26.8 Å². The smallest absolute Gasteiger partial charge is 0.162 e. The molecule has 0 amide bonds. The van der Waals surface area contributed by atoms with Gasteiger partial charge in [-0.2, -0.15) is 0 Å². The Balaban J connectivity index is 1.53. The second kappa shape index (κ2) is 9.14. The van der Waals surface area contributed by atoms with Gasteiger partial charge in [0.2, 0.25) is 0 Å². The van der Waals surface area contributed by atoms with Crippen LogP contribution in [0.25, 0.3) is 22.0 Å². The number of aryl methyl sites for hydroxylation is 1. The molecule has 172 valence electrons. The second-order valence-electron chi connectivity index (χ2n) is 8.43. The average Bonchev–Trinajstić information content (AvgIpc) is 3.09. The third kappa shape index (κ3) is 4.19. The number of rotatable bonds is 5. The average molecular weight is 454 g/mol. The van der Waals surface area contributed by atoms with Crippen molar-refractivity contribution in [3.63, 3.8) is 0 Å². The van der Waals surface area contributed by atoms with Crippen molar-refractivity contribution in [1.82, 2.24) is 9.97 Å². The molecule has 0 fully saturated rings.